The van der Waals surface area contributed by atoms with Gasteiger partial charge in [0.2, 0.25) is 0 Å². The first-order valence-electron chi connectivity index (χ1n) is 6.35. The fourth-order valence-electron chi connectivity index (χ4n) is 1.85. The van der Waals surface area contributed by atoms with E-state index in [1.807, 2.05) is 6.07 Å². The summed E-state index contributed by atoms with van der Waals surface area (Å²) >= 11 is 0. The van der Waals surface area contributed by atoms with Crippen LogP contribution in [0.2, 0.25) is 0 Å². The van der Waals surface area contributed by atoms with Gasteiger partial charge in [0, 0.05) is 5.92 Å². The lowest BCUT2D eigenvalue weighted by Crippen LogP contribution is -2.36. The van der Waals surface area contributed by atoms with Gasteiger partial charge in [-0.1, -0.05) is 37.3 Å². The topological polar surface area (TPSA) is 63.6 Å². The summed E-state index contributed by atoms with van der Waals surface area (Å²) < 4.78 is 4.74. The van der Waals surface area contributed by atoms with Crippen LogP contribution in [0.4, 0.5) is 0 Å². The Morgan fingerprint density at radius 3 is 2.42 bits per heavy atom. The number of Topliss-reactive ketones (excluding diaryl/α,β-unsaturated/α-hetero) is 1. The predicted molar refractivity (Wildman–Crippen MR) is 71.4 cm³/mol. The van der Waals surface area contributed by atoms with Crippen LogP contribution in [0, 0.1) is 5.92 Å². The molecule has 0 saturated heterocycles. The molecule has 0 radical (unpaired) electrons. The molecule has 0 aromatic heterocycles. The van der Waals surface area contributed by atoms with Crippen molar-refractivity contribution in [3.05, 3.63) is 35.9 Å². The highest BCUT2D eigenvalue weighted by Crippen LogP contribution is 2.30. The highest BCUT2D eigenvalue weighted by atomic mass is 16.5. The highest BCUT2D eigenvalue weighted by Gasteiger charge is 2.35. The monoisotopic (exact) mass is 264 g/mol. The van der Waals surface area contributed by atoms with E-state index in [9.17, 15) is 14.7 Å². The van der Waals surface area contributed by atoms with E-state index < -0.39 is 17.5 Å². The molecule has 0 aliphatic rings. The number of ketones is 1. The van der Waals surface area contributed by atoms with Crippen molar-refractivity contribution in [2.45, 2.75) is 32.8 Å². The van der Waals surface area contributed by atoms with Gasteiger partial charge in [0.1, 0.15) is 12.2 Å². The molecule has 104 valence electrons. The first-order valence-corrected chi connectivity index (χ1v) is 6.35. The molecule has 0 heterocycles. The summed E-state index contributed by atoms with van der Waals surface area (Å²) in [6, 6.07) is 8.95. The molecular formula is C15H20O4. The maximum atomic E-state index is 12.0. The molecular weight excluding hydrogens is 244 g/mol. The van der Waals surface area contributed by atoms with Crippen LogP contribution >= 0.6 is 0 Å². The van der Waals surface area contributed by atoms with Crippen molar-refractivity contribution in [2.24, 2.45) is 5.92 Å². The van der Waals surface area contributed by atoms with E-state index in [1.54, 1.807) is 45.0 Å². The quantitative estimate of drug-likeness (QED) is 0.631. The molecule has 0 saturated carbocycles. The van der Waals surface area contributed by atoms with Crippen LogP contribution < -0.4 is 0 Å². The molecule has 1 aromatic rings. The maximum absolute atomic E-state index is 12.0. The van der Waals surface area contributed by atoms with E-state index in [4.69, 9.17) is 4.74 Å². The first-order chi connectivity index (χ1) is 8.89. The molecule has 2 atom stereocenters. The maximum Gasteiger partial charge on any atom is 0.313 e. The van der Waals surface area contributed by atoms with Crippen molar-refractivity contribution in [3.8, 4) is 0 Å². The van der Waals surface area contributed by atoms with Crippen molar-refractivity contribution in [1.29, 1.82) is 0 Å². The third-order valence-corrected chi connectivity index (χ3v) is 3.31. The summed E-state index contributed by atoms with van der Waals surface area (Å²) in [5.74, 6) is -1.56. The van der Waals surface area contributed by atoms with Crippen molar-refractivity contribution < 1.29 is 19.4 Å². The van der Waals surface area contributed by atoms with E-state index >= 15 is 0 Å². The Bertz CT molecular complexity index is 437. The zero-order valence-corrected chi connectivity index (χ0v) is 11.6. The normalized spacial score (nSPS) is 15.4. The Morgan fingerprint density at radius 2 is 1.89 bits per heavy atom. The zero-order chi connectivity index (χ0) is 14.5. The molecule has 19 heavy (non-hydrogen) atoms. The number of hydrogen-bond donors (Lipinski definition) is 1. The lowest BCUT2D eigenvalue weighted by Gasteiger charge is -2.29. The lowest BCUT2D eigenvalue weighted by atomic mass is 9.81. The summed E-state index contributed by atoms with van der Waals surface area (Å²) in [5.41, 5.74) is -0.648. The first kappa shape index (κ1) is 15.4. The zero-order valence-electron chi connectivity index (χ0n) is 11.6. The third-order valence-electron chi connectivity index (χ3n) is 3.31. The van der Waals surface area contributed by atoms with Gasteiger partial charge in [-0.2, -0.15) is 0 Å². The molecule has 0 fully saturated rings. The molecule has 4 heteroatoms. The van der Waals surface area contributed by atoms with Crippen molar-refractivity contribution in [2.75, 3.05) is 6.61 Å². The average molecular weight is 264 g/mol. The van der Waals surface area contributed by atoms with Gasteiger partial charge in [0.05, 0.1) is 12.2 Å². The van der Waals surface area contributed by atoms with Crippen LogP contribution in [0.25, 0.3) is 0 Å². The number of carbonyl (C=O) groups is 2. The summed E-state index contributed by atoms with van der Waals surface area (Å²) in [7, 11) is 0. The van der Waals surface area contributed by atoms with Crippen LogP contribution in [-0.2, 0) is 19.9 Å². The van der Waals surface area contributed by atoms with Gasteiger partial charge in [0.15, 0.2) is 0 Å². The van der Waals surface area contributed by atoms with Gasteiger partial charge >= 0.3 is 5.97 Å². The summed E-state index contributed by atoms with van der Waals surface area (Å²) in [6.45, 7) is 5.13. The highest BCUT2D eigenvalue weighted by molar-refractivity contribution is 5.97. The van der Waals surface area contributed by atoms with Crippen LogP contribution in [0.15, 0.2) is 30.3 Å². The van der Waals surface area contributed by atoms with E-state index in [1.165, 1.54) is 0 Å². The molecule has 0 bridgehead atoms. The van der Waals surface area contributed by atoms with E-state index in [-0.39, 0.29) is 18.8 Å². The Balaban J connectivity index is 2.78. The second-order valence-electron chi connectivity index (χ2n) is 4.68. The van der Waals surface area contributed by atoms with Crippen LogP contribution in [0.5, 0.6) is 0 Å². The van der Waals surface area contributed by atoms with Crippen molar-refractivity contribution in [3.63, 3.8) is 0 Å². The van der Waals surface area contributed by atoms with E-state index in [0.717, 1.165) is 0 Å². The number of esters is 1. The van der Waals surface area contributed by atoms with Gasteiger partial charge in [-0.25, -0.2) is 0 Å². The smallest absolute Gasteiger partial charge is 0.313 e. The van der Waals surface area contributed by atoms with Gasteiger partial charge in [-0.3, -0.25) is 9.59 Å². The molecule has 0 amide bonds. The fraction of sp³-hybridized carbons (Fsp3) is 0.467. The third kappa shape index (κ3) is 3.89. The summed E-state index contributed by atoms with van der Waals surface area (Å²) in [6.07, 6.45) is -0.308. The number of rotatable bonds is 6. The predicted octanol–water partition coefficient (Wildman–Crippen LogP) is 2.05. The second-order valence-corrected chi connectivity index (χ2v) is 4.68. The fourth-order valence-corrected chi connectivity index (χ4v) is 1.85. The second kappa shape index (κ2) is 6.48. The molecule has 0 aliphatic heterocycles. The number of hydrogen-bond acceptors (Lipinski definition) is 4. The molecule has 2 unspecified atom stereocenters. The number of benzene rings is 1. The van der Waals surface area contributed by atoms with Crippen LogP contribution in [0.3, 0.4) is 0 Å². The minimum absolute atomic E-state index is 0.246. The number of ether oxygens (including phenoxy) is 1. The summed E-state index contributed by atoms with van der Waals surface area (Å²) in [4.78, 5) is 23.3. The number of aliphatic hydroxyl groups is 1. The molecule has 0 spiro atoms. The Hall–Kier alpha value is -1.68. The molecule has 0 aliphatic carbocycles. The van der Waals surface area contributed by atoms with E-state index in [0.29, 0.717) is 5.56 Å². The minimum atomic E-state index is -1.30. The van der Waals surface area contributed by atoms with Gasteiger partial charge in [0.25, 0.3) is 0 Å². The Kier molecular flexibility index (Phi) is 5.24. The number of carbonyl (C=O) groups excluding carboxylic acids is 2. The van der Waals surface area contributed by atoms with Gasteiger partial charge < -0.3 is 9.84 Å². The van der Waals surface area contributed by atoms with Crippen LogP contribution in [0.1, 0.15) is 32.8 Å². The molecule has 1 aromatic carbocycles. The average Bonchev–Trinajstić information content (AvgIpc) is 2.39. The van der Waals surface area contributed by atoms with E-state index in [2.05, 4.69) is 0 Å². The largest absolute Gasteiger partial charge is 0.466 e. The van der Waals surface area contributed by atoms with Gasteiger partial charge in [-0.05, 0) is 19.4 Å². The molecule has 1 N–H and O–H groups in total. The standard InChI is InChI=1S/C15H20O4/c1-4-19-14(17)10-13(16)11(2)15(3,18)12-8-6-5-7-9-12/h5-9,11,18H,4,10H2,1-3H3. The summed E-state index contributed by atoms with van der Waals surface area (Å²) in [5, 5.41) is 10.5. The Morgan fingerprint density at radius 1 is 1.32 bits per heavy atom. The van der Waals surface area contributed by atoms with Crippen molar-refractivity contribution in [1.82, 2.24) is 0 Å². The minimum Gasteiger partial charge on any atom is -0.466 e. The SMILES string of the molecule is CCOC(=O)CC(=O)C(C)C(C)(O)c1ccccc1. The van der Waals surface area contributed by atoms with Crippen LogP contribution in [-0.4, -0.2) is 23.5 Å². The van der Waals surface area contributed by atoms with Gasteiger partial charge in [-0.15, -0.1) is 0 Å². The lowest BCUT2D eigenvalue weighted by molar-refractivity contribution is -0.148. The molecule has 4 nitrogen and oxygen atoms in total. The Labute approximate surface area is 113 Å². The molecule has 1 rings (SSSR count). The van der Waals surface area contributed by atoms with Crippen molar-refractivity contribution >= 4 is 11.8 Å².